The van der Waals surface area contributed by atoms with Crippen molar-refractivity contribution in [1.82, 2.24) is 0 Å². The number of thioether (sulfide) groups is 1. The van der Waals surface area contributed by atoms with E-state index in [0.29, 0.717) is 12.2 Å². The van der Waals surface area contributed by atoms with Gasteiger partial charge in [0.05, 0.1) is 5.75 Å². The Morgan fingerprint density at radius 2 is 1.68 bits per heavy atom. The smallest absolute Gasteiger partial charge is 0.147 e. The average molecular weight is 339 g/mol. The van der Waals surface area contributed by atoms with E-state index in [2.05, 4.69) is 15.9 Å². The highest BCUT2D eigenvalue weighted by molar-refractivity contribution is 9.10. The van der Waals surface area contributed by atoms with Gasteiger partial charge in [-0.1, -0.05) is 28.1 Å². The van der Waals surface area contributed by atoms with E-state index in [0.717, 1.165) is 14.9 Å². The van der Waals surface area contributed by atoms with Gasteiger partial charge in [-0.15, -0.1) is 11.8 Å². The van der Waals surface area contributed by atoms with E-state index >= 15 is 0 Å². The molecule has 0 unspecified atom stereocenters. The van der Waals surface area contributed by atoms with Crippen molar-refractivity contribution in [3.63, 3.8) is 0 Å². The number of hydrogen-bond donors (Lipinski definition) is 0. The molecule has 0 saturated carbocycles. The summed E-state index contributed by atoms with van der Waals surface area (Å²) < 4.78 is 13.7. The Morgan fingerprint density at radius 3 is 2.32 bits per heavy atom. The van der Waals surface area contributed by atoms with Crippen LogP contribution in [-0.2, 0) is 11.2 Å². The molecule has 0 aliphatic rings. The van der Waals surface area contributed by atoms with E-state index in [4.69, 9.17) is 0 Å². The largest absolute Gasteiger partial charge is 0.298 e. The van der Waals surface area contributed by atoms with Gasteiger partial charge in [-0.05, 0) is 42.0 Å². The highest BCUT2D eigenvalue weighted by Crippen LogP contribution is 2.19. The van der Waals surface area contributed by atoms with E-state index in [1.54, 1.807) is 12.1 Å². The number of ketones is 1. The summed E-state index contributed by atoms with van der Waals surface area (Å²) in [6, 6.07) is 13.9. The van der Waals surface area contributed by atoms with Gasteiger partial charge >= 0.3 is 0 Å². The number of rotatable bonds is 5. The van der Waals surface area contributed by atoms with Crippen molar-refractivity contribution in [2.75, 3.05) is 5.75 Å². The molecular weight excluding hydrogens is 327 g/mol. The predicted molar refractivity (Wildman–Crippen MR) is 80.0 cm³/mol. The number of carbonyl (C=O) groups is 1. The molecule has 0 fully saturated rings. The van der Waals surface area contributed by atoms with Crippen molar-refractivity contribution in [1.29, 1.82) is 0 Å². The second kappa shape index (κ2) is 6.87. The third kappa shape index (κ3) is 4.80. The van der Waals surface area contributed by atoms with Gasteiger partial charge in [0.2, 0.25) is 0 Å². The predicted octanol–water partition coefficient (Wildman–Crippen LogP) is 4.49. The first-order valence-corrected chi connectivity index (χ1v) is 7.56. The molecule has 0 radical (unpaired) electrons. The summed E-state index contributed by atoms with van der Waals surface area (Å²) in [4.78, 5) is 12.7. The van der Waals surface area contributed by atoms with Gasteiger partial charge in [-0.25, -0.2) is 4.39 Å². The minimum absolute atomic E-state index is 0.164. The lowest BCUT2D eigenvalue weighted by Gasteiger charge is -2.02. The van der Waals surface area contributed by atoms with E-state index in [-0.39, 0.29) is 11.6 Å². The minimum atomic E-state index is -0.259. The van der Waals surface area contributed by atoms with Gasteiger partial charge < -0.3 is 0 Å². The first-order chi connectivity index (χ1) is 9.13. The van der Waals surface area contributed by atoms with Gasteiger partial charge in [-0.2, -0.15) is 0 Å². The monoisotopic (exact) mass is 338 g/mol. The Bertz CT molecular complexity index is 551. The van der Waals surface area contributed by atoms with Crippen LogP contribution in [0, 0.1) is 5.82 Å². The molecule has 0 N–H and O–H groups in total. The third-order valence-electron chi connectivity index (χ3n) is 2.53. The molecule has 0 bridgehead atoms. The second-order valence-electron chi connectivity index (χ2n) is 4.08. The van der Waals surface area contributed by atoms with E-state index in [1.165, 1.54) is 23.9 Å². The molecule has 2 aromatic carbocycles. The first kappa shape index (κ1) is 14.3. The molecule has 4 heteroatoms. The van der Waals surface area contributed by atoms with E-state index < -0.39 is 0 Å². The van der Waals surface area contributed by atoms with Crippen LogP contribution in [0.2, 0.25) is 0 Å². The second-order valence-corrected chi connectivity index (χ2v) is 6.05. The van der Waals surface area contributed by atoms with Crippen molar-refractivity contribution in [2.45, 2.75) is 11.3 Å². The van der Waals surface area contributed by atoms with Crippen molar-refractivity contribution in [3.05, 3.63) is 64.4 Å². The fraction of sp³-hybridized carbons (Fsp3) is 0.133. The topological polar surface area (TPSA) is 17.1 Å². The molecule has 0 amide bonds. The average Bonchev–Trinajstić information content (AvgIpc) is 2.41. The fourth-order valence-corrected chi connectivity index (χ4v) is 2.60. The molecule has 0 aromatic heterocycles. The van der Waals surface area contributed by atoms with Crippen LogP contribution >= 0.6 is 27.7 Å². The molecule has 19 heavy (non-hydrogen) atoms. The maximum absolute atomic E-state index is 12.7. The number of hydrogen-bond acceptors (Lipinski definition) is 2. The lowest BCUT2D eigenvalue weighted by molar-refractivity contribution is -0.116. The molecule has 0 saturated heterocycles. The Labute approximate surface area is 124 Å². The quantitative estimate of drug-likeness (QED) is 0.747. The number of carbonyl (C=O) groups excluding carboxylic acids is 1. The summed E-state index contributed by atoms with van der Waals surface area (Å²) in [6.45, 7) is 0. The Morgan fingerprint density at radius 1 is 1.05 bits per heavy atom. The van der Waals surface area contributed by atoms with Gasteiger partial charge in [0.1, 0.15) is 11.6 Å². The Hall–Kier alpha value is -1.13. The molecule has 0 aliphatic carbocycles. The normalized spacial score (nSPS) is 10.4. The standard InChI is InChI=1S/C15H12BrFOS/c16-12-3-1-11(2-4-12)9-14(18)10-19-15-7-5-13(17)6-8-15/h1-8H,9-10H2. The van der Waals surface area contributed by atoms with Crippen molar-refractivity contribution < 1.29 is 9.18 Å². The van der Waals surface area contributed by atoms with Crippen LogP contribution < -0.4 is 0 Å². The van der Waals surface area contributed by atoms with Gasteiger partial charge in [-0.3, -0.25) is 4.79 Å². The molecule has 1 nitrogen and oxygen atoms in total. The first-order valence-electron chi connectivity index (χ1n) is 5.78. The number of benzene rings is 2. The zero-order valence-electron chi connectivity index (χ0n) is 10.1. The maximum atomic E-state index is 12.7. The molecule has 0 aliphatic heterocycles. The van der Waals surface area contributed by atoms with Crippen LogP contribution in [0.25, 0.3) is 0 Å². The number of Topliss-reactive ketones (excluding diaryl/α,β-unsaturated/α-hetero) is 1. The minimum Gasteiger partial charge on any atom is -0.298 e. The summed E-state index contributed by atoms with van der Waals surface area (Å²) in [6.07, 6.45) is 0.432. The van der Waals surface area contributed by atoms with Crippen LogP contribution in [0.15, 0.2) is 57.9 Å². The van der Waals surface area contributed by atoms with Crippen molar-refractivity contribution >= 4 is 33.5 Å². The van der Waals surface area contributed by atoms with Gasteiger partial charge in [0.25, 0.3) is 0 Å². The SMILES string of the molecule is O=C(CSc1ccc(F)cc1)Cc1ccc(Br)cc1. The molecule has 98 valence electrons. The summed E-state index contributed by atoms with van der Waals surface area (Å²) in [5.41, 5.74) is 1.01. The van der Waals surface area contributed by atoms with E-state index in [1.807, 2.05) is 24.3 Å². The van der Waals surface area contributed by atoms with Crippen LogP contribution in [0.4, 0.5) is 4.39 Å². The summed E-state index contributed by atoms with van der Waals surface area (Å²) in [7, 11) is 0. The summed E-state index contributed by atoms with van der Waals surface area (Å²) in [5.74, 6) is 0.309. The molecule has 0 atom stereocenters. The maximum Gasteiger partial charge on any atom is 0.147 e. The van der Waals surface area contributed by atoms with Crippen LogP contribution in [0.5, 0.6) is 0 Å². The van der Waals surface area contributed by atoms with Crippen molar-refractivity contribution in [2.24, 2.45) is 0 Å². The number of halogens is 2. The fourth-order valence-electron chi connectivity index (χ4n) is 1.58. The molecule has 2 aromatic rings. The summed E-state index contributed by atoms with van der Waals surface area (Å²) >= 11 is 4.79. The van der Waals surface area contributed by atoms with Crippen LogP contribution in [0.1, 0.15) is 5.56 Å². The Kier molecular flexibility index (Phi) is 5.16. The lowest BCUT2D eigenvalue weighted by Crippen LogP contribution is -2.05. The van der Waals surface area contributed by atoms with Gasteiger partial charge in [0.15, 0.2) is 0 Å². The molecule has 0 spiro atoms. The Balaban J connectivity index is 1.84. The highest BCUT2D eigenvalue weighted by Gasteiger charge is 2.05. The van der Waals surface area contributed by atoms with Crippen LogP contribution in [0.3, 0.4) is 0 Å². The molecule has 2 rings (SSSR count). The summed E-state index contributed by atoms with van der Waals surface area (Å²) in [5, 5.41) is 0. The van der Waals surface area contributed by atoms with Gasteiger partial charge in [0, 0.05) is 15.8 Å². The highest BCUT2D eigenvalue weighted by atomic mass is 79.9. The van der Waals surface area contributed by atoms with Crippen LogP contribution in [-0.4, -0.2) is 11.5 Å². The molecular formula is C15H12BrFOS. The lowest BCUT2D eigenvalue weighted by atomic mass is 10.1. The van der Waals surface area contributed by atoms with E-state index in [9.17, 15) is 9.18 Å². The zero-order valence-corrected chi connectivity index (χ0v) is 12.5. The third-order valence-corrected chi connectivity index (χ3v) is 4.13. The van der Waals surface area contributed by atoms with Crippen molar-refractivity contribution in [3.8, 4) is 0 Å². The molecule has 0 heterocycles. The zero-order chi connectivity index (χ0) is 13.7.